The highest BCUT2D eigenvalue weighted by atomic mass is 32.2. The zero-order valence-corrected chi connectivity index (χ0v) is 13.7. The fourth-order valence-electron chi connectivity index (χ4n) is 2.08. The zero-order valence-electron chi connectivity index (χ0n) is 12.9. The van der Waals surface area contributed by atoms with E-state index in [0.29, 0.717) is 17.1 Å². The third-order valence-corrected chi connectivity index (χ3v) is 5.20. The topological polar surface area (TPSA) is 68.7 Å². The van der Waals surface area contributed by atoms with Gasteiger partial charge < -0.3 is 9.47 Å². The van der Waals surface area contributed by atoms with E-state index in [1.807, 2.05) is 0 Å². The van der Waals surface area contributed by atoms with Crippen LogP contribution in [0.5, 0.6) is 11.5 Å². The van der Waals surface area contributed by atoms with E-state index in [9.17, 15) is 8.42 Å². The molecule has 2 aromatic rings. The van der Waals surface area contributed by atoms with Gasteiger partial charge in [0.2, 0.25) is 0 Å². The van der Waals surface area contributed by atoms with Crippen LogP contribution in [-0.2, 0) is 10.0 Å². The molecule has 0 spiro atoms. The van der Waals surface area contributed by atoms with Crippen molar-refractivity contribution in [3.63, 3.8) is 0 Å². The molecule has 1 heterocycles. The van der Waals surface area contributed by atoms with Crippen molar-refractivity contribution in [1.82, 2.24) is 4.98 Å². The highest BCUT2D eigenvalue weighted by molar-refractivity contribution is 7.92. The van der Waals surface area contributed by atoms with E-state index in [4.69, 9.17) is 9.47 Å². The van der Waals surface area contributed by atoms with E-state index in [2.05, 4.69) is 4.98 Å². The fraction of sp³-hybridized carbons (Fsp3) is 0.267. The lowest BCUT2D eigenvalue weighted by molar-refractivity contribution is 0.413. The van der Waals surface area contributed by atoms with E-state index in [0.717, 1.165) is 4.31 Å². The molecule has 0 saturated carbocycles. The van der Waals surface area contributed by atoms with Gasteiger partial charge in [-0.3, -0.25) is 0 Å². The van der Waals surface area contributed by atoms with Gasteiger partial charge in [0.05, 0.1) is 19.1 Å². The van der Waals surface area contributed by atoms with Crippen LogP contribution in [0.15, 0.2) is 41.4 Å². The molecule has 1 aromatic carbocycles. The number of hydrogen-bond donors (Lipinski definition) is 0. The summed E-state index contributed by atoms with van der Waals surface area (Å²) < 4.78 is 37.0. The summed E-state index contributed by atoms with van der Waals surface area (Å²) in [6.45, 7) is 1.72. The first-order chi connectivity index (χ1) is 10.4. The Morgan fingerprint density at radius 1 is 1.14 bits per heavy atom. The van der Waals surface area contributed by atoms with Gasteiger partial charge in [-0.05, 0) is 42.8 Å². The first kappa shape index (κ1) is 16.1. The van der Waals surface area contributed by atoms with Crippen molar-refractivity contribution in [3.05, 3.63) is 42.1 Å². The van der Waals surface area contributed by atoms with Gasteiger partial charge in [-0.2, -0.15) is 0 Å². The molecule has 0 N–H and O–H groups in total. The molecule has 0 fully saturated rings. The highest BCUT2D eigenvalue weighted by Gasteiger charge is 2.26. The van der Waals surface area contributed by atoms with Crippen LogP contribution in [0.25, 0.3) is 0 Å². The molecule has 0 amide bonds. The summed E-state index contributed by atoms with van der Waals surface area (Å²) in [5.74, 6) is 1.23. The summed E-state index contributed by atoms with van der Waals surface area (Å²) in [6.07, 6.45) is 1.52. The normalized spacial score (nSPS) is 11.1. The van der Waals surface area contributed by atoms with Crippen LogP contribution in [0.4, 0.5) is 5.82 Å². The average Bonchev–Trinajstić information content (AvgIpc) is 2.53. The van der Waals surface area contributed by atoms with Crippen LogP contribution in [0, 0.1) is 6.92 Å². The number of aryl methyl sites for hydroxylation is 1. The van der Waals surface area contributed by atoms with Crippen LogP contribution >= 0.6 is 0 Å². The molecule has 0 aliphatic rings. The summed E-state index contributed by atoms with van der Waals surface area (Å²) in [4.78, 5) is 4.30. The number of nitrogens with zero attached hydrogens (tertiary/aromatic N) is 2. The second-order valence-electron chi connectivity index (χ2n) is 4.63. The average molecular weight is 322 g/mol. The van der Waals surface area contributed by atoms with Crippen molar-refractivity contribution >= 4 is 15.8 Å². The maximum atomic E-state index is 12.8. The Labute approximate surface area is 130 Å². The summed E-state index contributed by atoms with van der Waals surface area (Å²) in [6, 6.07) is 8.16. The molecule has 2 rings (SSSR count). The maximum absolute atomic E-state index is 12.8. The van der Waals surface area contributed by atoms with Crippen molar-refractivity contribution in [2.45, 2.75) is 11.8 Å². The Bertz CT molecular complexity index is 775. The predicted molar refractivity (Wildman–Crippen MR) is 84.1 cm³/mol. The molecule has 0 atom stereocenters. The van der Waals surface area contributed by atoms with E-state index in [1.54, 1.807) is 31.2 Å². The maximum Gasteiger partial charge on any atom is 0.265 e. The van der Waals surface area contributed by atoms with Crippen molar-refractivity contribution in [2.24, 2.45) is 0 Å². The standard InChI is InChI=1S/C15H18N2O4S/c1-11-10-12(20-3)7-8-14(11)22(18,19)17(2)15-13(21-4)6-5-9-16-15/h5-10H,1-4H3. The molecular weight excluding hydrogens is 304 g/mol. The third kappa shape index (κ3) is 2.85. The van der Waals surface area contributed by atoms with Gasteiger partial charge in [-0.15, -0.1) is 0 Å². The summed E-state index contributed by atoms with van der Waals surface area (Å²) in [7, 11) is 0.711. The van der Waals surface area contributed by atoms with Gasteiger partial charge in [0, 0.05) is 13.2 Å². The van der Waals surface area contributed by atoms with Gasteiger partial charge >= 0.3 is 0 Å². The van der Waals surface area contributed by atoms with Crippen LogP contribution in [0.3, 0.4) is 0 Å². The molecule has 1 aromatic heterocycles. The zero-order chi connectivity index (χ0) is 16.3. The number of ether oxygens (including phenoxy) is 2. The van der Waals surface area contributed by atoms with E-state index < -0.39 is 10.0 Å². The lowest BCUT2D eigenvalue weighted by atomic mass is 10.2. The predicted octanol–water partition coefficient (Wildman–Crippen LogP) is 2.23. The summed E-state index contributed by atoms with van der Waals surface area (Å²) >= 11 is 0. The number of rotatable bonds is 5. The Kier molecular flexibility index (Phi) is 4.56. The second-order valence-corrected chi connectivity index (χ2v) is 6.57. The molecular formula is C15H18N2O4S. The number of sulfonamides is 1. The molecule has 0 aliphatic heterocycles. The molecule has 7 heteroatoms. The summed E-state index contributed by atoms with van der Waals surface area (Å²) in [5.41, 5.74) is 0.598. The fourth-order valence-corrected chi connectivity index (χ4v) is 3.44. The van der Waals surface area contributed by atoms with Gasteiger partial charge in [0.1, 0.15) is 5.75 Å². The molecule has 0 radical (unpaired) electrons. The lowest BCUT2D eigenvalue weighted by Crippen LogP contribution is -2.28. The monoisotopic (exact) mass is 322 g/mol. The van der Waals surface area contributed by atoms with E-state index in [-0.39, 0.29) is 10.7 Å². The first-order valence-corrected chi connectivity index (χ1v) is 7.98. The minimum atomic E-state index is -3.75. The SMILES string of the molecule is COc1ccc(S(=O)(=O)N(C)c2ncccc2OC)c(C)c1. The minimum absolute atomic E-state index is 0.198. The van der Waals surface area contributed by atoms with Crippen LogP contribution < -0.4 is 13.8 Å². The van der Waals surface area contributed by atoms with Crippen LogP contribution in [-0.4, -0.2) is 34.7 Å². The molecule has 0 saturated heterocycles. The molecule has 6 nitrogen and oxygen atoms in total. The van der Waals surface area contributed by atoms with Gasteiger partial charge in [0.25, 0.3) is 10.0 Å². The number of benzene rings is 1. The van der Waals surface area contributed by atoms with Gasteiger partial charge in [-0.1, -0.05) is 0 Å². The molecule has 118 valence electrons. The van der Waals surface area contributed by atoms with E-state index >= 15 is 0 Å². The van der Waals surface area contributed by atoms with Crippen LogP contribution in [0.1, 0.15) is 5.56 Å². The molecule has 0 unspecified atom stereocenters. The van der Waals surface area contributed by atoms with Gasteiger partial charge in [0.15, 0.2) is 11.6 Å². The Balaban J connectivity index is 2.50. The number of pyridine rings is 1. The van der Waals surface area contributed by atoms with E-state index in [1.165, 1.54) is 33.5 Å². The quantitative estimate of drug-likeness (QED) is 0.844. The largest absolute Gasteiger partial charge is 0.497 e. The lowest BCUT2D eigenvalue weighted by Gasteiger charge is -2.21. The molecule has 0 aliphatic carbocycles. The Hall–Kier alpha value is -2.28. The highest BCUT2D eigenvalue weighted by Crippen LogP contribution is 2.30. The number of aromatic nitrogens is 1. The second kappa shape index (κ2) is 6.23. The smallest absolute Gasteiger partial charge is 0.265 e. The Morgan fingerprint density at radius 3 is 2.45 bits per heavy atom. The van der Waals surface area contributed by atoms with Crippen molar-refractivity contribution in [3.8, 4) is 11.5 Å². The Morgan fingerprint density at radius 2 is 1.86 bits per heavy atom. The number of methoxy groups -OCH3 is 2. The third-order valence-electron chi connectivity index (χ3n) is 3.29. The van der Waals surface area contributed by atoms with Crippen molar-refractivity contribution in [1.29, 1.82) is 0 Å². The summed E-state index contributed by atoms with van der Waals surface area (Å²) in [5, 5.41) is 0. The minimum Gasteiger partial charge on any atom is -0.497 e. The van der Waals surface area contributed by atoms with Crippen molar-refractivity contribution in [2.75, 3.05) is 25.6 Å². The number of hydrogen-bond acceptors (Lipinski definition) is 5. The number of anilines is 1. The molecule has 0 bridgehead atoms. The van der Waals surface area contributed by atoms with Gasteiger partial charge in [-0.25, -0.2) is 17.7 Å². The molecule has 22 heavy (non-hydrogen) atoms. The van der Waals surface area contributed by atoms with Crippen molar-refractivity contribution < 1.29 is 17.9 Å². The first-order valence-electron chi connectivity index (χ1n) is 6.54. The van der Waals surface area contributed by atoms with Crippen LogP contribution in [0.2, 0.25) is 0 Å².